The van der Waals surface area contributed by atoms with Crippen LogP contribution in [-0.4, -0.2) is 0 Å². The summed E-state index contributed by atoms with van der Waals surface area (Å²) in [6.07, 6.45) is 4.34. The fourth-order valence-electron chi connectivity index (χ4n) is 15.0. The molecule has 0 radical (unpaired) electrons. The van der Waals surface area contributed by atoms with Crippen LogP contribution < -0.4 is 4.90 Å². The van der Waals surface area contributed by atoms with Crippen LogP contribution >= 0.6 is 0 Å². The predicted octanol–water partition coefficient (Wildman–Crippen LogP) is 17.1. The highest BCUT2D eigenvalue weighted by Crippen LogP contribution is 2.94. The Morgan fingerprint density at radius 2 is 0.894 bits per heavy atom. The van der Waals surface area contributed by atoms with E-state index in [1.54, 1.807) is 11.1 Å². The predicted molar refractivity (Wildman–Crippen MR) is 274 cm³/mol. The van der Waals surface area contributed by atoms with Crippen LogP contribution in [-0.2, 0) is 5.41 Å². The highest BCUT2D eigenvalue weighted by molar-refractivity contribution is 6.09. The Hall–Kier alpha value is -7.48. The van der Waals surface area contributed by atoms with E-state index in [2.05, 4.69) is 229 Å². The molecule has 4 saturated carbocycles. The first-order chi connectivity index (χ1) is 32.7. The summed E-state index contributed by atoms with van der Waals surface area (Å²) in [5.74, 6) is 3.62. The van der Waals surface area contributed by atoms with Crippen LogP contribution in [0.1, 0.15) is 30.4 Å². The van der Waals surface area contributed by atoms with Gasteiger partial charge < -0.3 is 4.90 Å². The van der Waals surface area contributed by atoms with E-state index in [1.165, 1.54) is 96.4 Å². The molecule has 0 amide bonds. The molecular formula is C65H47N. The molecule has 4 fully saturated rings. The molecule has 1 nitrogen and oxygen atoms in total. The first kappa shape index (κ1) is 36.8. The quantitative estimate of drug-likeness (QED) is 0.155. The zero-order valence-corrected chi connectivity index (χ0v) is 36.7. The molecular weight excluding hydrogens is 795 g/mol. The third-order valence-electron chi connectivity index (χ3n) is 17.6. The number of hydrogen-bond acceptors (Lipinski definition) is 1. The van der Waals surface area contributed by atoms with Crippen molar-refractivity contribution in [3.63, 3.8) is 0 Å². The lowest BCUT2D eigenvalue weighted by Gasteiger charge is -2.92. The van der Waals surface area contributed by atoms with Crippen molar-refractivity contribution in [3.8, 4) is 55.6 Å². The van der Waals surface area contributed by atoms with Crippen LogP contribution in [0.3, 0.4) is 0 Å². The Morgan fingerprint density at radius 3 is 1.64 bits per heavy atom. The molecule has 1 heteroatoms. The van der Waals surface area contributed by atoms with E-state index in [-0.39, 0.29) is 5.41 Å². The van der Waals surface area contributed by atoms with E-state index in [0.29, 0.717) is 5.41 Å². The van der Waals surface area contributed by atoms with Crippen LogP contribution in [0, 0.1) is 29.1 Å². The van der Waals surface area contributed by atoms with Crippen LogP contribution in [0.4, 0.5) is 17.1 Å². The van der Waals surface area contributed by atoms with Crippen LogP contribution in [0.2, 0.25) is 0 Å². The van der Waals surface area contributed by atoms with Gasteiger partial charge in [-0.1, -0.05) is 194 Å². The normalized spacial score (nSPS) is 23.4. The van der Waals surface area contributed by atoms with Gasteiger partial charge in [-0.15, -0.1) is 0 Å². The molecule has 15 rings (SSSR count). The fourth-order valence-corrected chi connectivity index (χ4v) is 15.0. The summed E-state index contributed by atoms with van der Waals surface area (Å²) in [6.45, 7) is 0. The molecule has 4 unspecified atom stereocenters. The molecule has 0 aliphatic heterocycles. The minimum Gasteiger partial charge on any atom is -0.309 e. The summed E-state index contributed by atoms with van der Waals surface area (Å²) in [5, 5.41) is 4.98. The Bertz CT molecular complexity index is 3580. The van der Waals surface area contributed by atoms with E-state index >= 15 is 0 Å². The lowest BCUT2D eigenvalue weighted by atomic mass is 9.11. The van der Waals surface area contributed by atoms with Crippen LogP contribution in [0.15, 0.2) is 224 Å². The lowest BCUT2D eigenvalue weighted by Crippen LogP contribution is -2.88. The highest BCUT2D eigenvalue weighted by Gasteiger charge is 2.90. The largest absolute Gasteiger partial charge is 0.309 e. The Labute approximate surface area is 386 Å². The second-order valence-electron chi connectivity index (χ2n) is 19.9. The standard InChI is InChI=1S/C65H47N/c1-2-15-43(16-3-1)50-25-13-19-44-20-14-27-56(63(44)50)55-24-8-11-30-60(55)66(59-29-10-7-23-54(59)51-26-12-18-42-17-4-5-21-49(42)51)48-34-31-41(32-35-48)45-33-36-53-52-22-6-9-28-57(52)65(58(53)37-45)61-39-46-38-47-40-62(65)64(46,47)61/h1-37,46-47,61-62H,38-40H2. The molecule has 10 aromatic rings. The first-order valence-electron chi connectivity index (χ1n) is 24.1. The van der Waals surface area contributed by atoms with Crippen molar-refractivity contribution in [1.82, 2.24) is 0 Å². The van der Waals surface area contributed by atoms with Gasteiger partial charge in [-0.3, -0.25) is 0 Å². The van der Waals surface area contributed by atoms with E-state index in [1.807, 2.05) is 0 Å². The zero-order valence-electron chi connectivity index (χ0n) is 36.7. The van der Waals surface area contributed by atoms with Crippen molar-refractivity contribution < 1.29 is 0 Å². The summed E-state index contributed by atoms with van der Waals surface area (Å²) in [5.41, 5.74) is 20.3. The minimum absolute atomic E-state index is 0.198. The highest BCUT2D eigenvalue weighted by atomic mass is 15.1. The number of nitrogens with zero attached hydrogens (tertiary/aromatic N) is 1. The molecule has 5 aliphatic rings. The molecule has 66 heavy (non-hydrogen) atoms. The number of fused-ring (bicyclic) bond motifs is 9. The topological polar surface area (TPSA) is 3.24 Å². The zero-order chi connectivity index (χ0) is 43.1. The van der Waals surface area contributed by atoms with Crippen molar-refractivity contribution in [2.45, 2.75) is 24.7 Å². The molecule has 0 saturated heterocycles. The molecule has 0 heterocycles. The van der Waals surface area contributed by atoms with Gasteiger partial charge in [0.1, 0.15) is 0 Å². The number of rotatable bonds is 7. The van der Waals surface area contributed by atoms with E-state index in [9.17, 15) is 0 Å². The molecule has 312 valence electrons. The van der Waals surface area contributed by atoms with Gasteiger partial charge in [-0.25, -0.2) is 0 Å². The smallest absolute Gasteiger partial charge is 0.0540 e. The molecule has 0 bridgehead atoms. The third kappa shape index (κ3) is 4.65. The van der Waals surface area contributed by atoms with Gasteiger partial charge in [0.25, 0.3) is 0 Å². The average molecular weight is 842 g/mol. The maximum atomic E-state index is 2.62. The van der Waals surface area contributed by atoms with Crippen molar-refractivity contribution in [2.75, 3.05) is 4.90 Å². The SMILES string of the molecule is c1ccc(-c2cccc3cccc(-c4ccccc4N(c4ccc(-c5ccc6c(c5)C5(c7ccccc7-6)C6CC7CC8CC5C786)cc4)c4ccccc4-c4cccc5ccccc45)c23)cc1. The first-order valence-corrected chi connectivity index (χ1v) is 24.1. The number of hydrogen-bond donors (Lipinski definition) is 0. The minimum atomic E-state index is 0.198. The van der Waals surface area contributed by atoms with Crippen LogP contribution in [0.5, 0.6) is 0 Å². The van der Waals surface area contributed by atoms with Crippen molar-refractivity contribution in [1.29, 1.82) is 0 Å². The Morgan fingerprint density at radius 1 is 0.348 bits per heavy atom. The summed E-state index contributed by atoms with van der Waals surface area (Å²) >= 11 is 0. The van der Waals surface area contributed by atoms with E-state index in [0.717, 1.165) is 40.7 Å². The van der Waals surface area contributed by atoms with Gasteiger partial charge in [0.05, 0.1) is 11.4 Å². The summed E-state index contributed by atoms with van der Waals surface area (Å²) < 4.78 is 0. The van der Waals surface area contributed by atoms with Crippen molar-refractivity contribution in [2.24, 2.45) is 29.1 Å². The van der Waals surface area contributed by atoms with Gasteiger partial charge in [-0.05, 0) is 156 Å². The monoisotopic (exact) mass is 841 g/mol. The molecule has 5 aliphatic carbocycles. The number of benzene rings is 10. The maximum absolute atomic E-state index is 2.62. The summed E-state index contributed by atoms with van der Waals surface area (Å²) in [6, 6.07) is 84.2. The van der Waals surface area contributed by atoms with Gasteiger partial charge >= 0.3 is 0 Å². The van der Waals surface area contributed by atoms with Gasteiger partial charge in [0, 0.05) is 22.2 Å². The van der Waals surface area contributed by atoms with Gasteiger partial charge in [0.2, 0.25) is 0 Å². The maximum Gasteiger partial charge on any atom is 0.0540 e. The molecule has 10 aromatic carbocycles. The van der Waals surface area contributed by atoms with E-state index < -0.39 is 0 Å². The van der Waals surface area contributed by atoms with Crippen molar-refractivity contribution >= 4 is 38.6 Å². The van der Waals surface area contributed by atoms with Gasteiger partial charge in [-0.2, -0.15) is 0 Å². The third-order valence-corrected chi connectivity index (χ3v) is 17.6. The van der Waals surface area contributed by atoms with E-state index in [4.69, 9.17) is 0 Å². The molecule has 2 spiro atoms. The average Bonchev–Trinajstić information content (AvgIpc) is 3.66. The fraction of sp³-hybridized carbons (Fsp3) is 0.138. The molecule has 0 aromatic heterocycles. The lowest BCUT2D eigenvalue weighted by molar-refractivity contribution is -0.412. The van der Waals surface area contributed by atoms with Gasteiger partial charge in [0.15, 0.2) is 0 Å². The number of para-hydroxylation sites is 2. The molecule has 4 atom stereocenters. The van der Waals surface area contributed by atoms with Crippen LogP contribution in [0.25, 0.3) is 77.2 Å². The Balaban J connectivity index is 0.904. The summed E-state index contributed by atoms with van der Waals surface area (Å²) in [4.78, 5) is 2.51. The Kier molecular flexibility index (Phi) is 7.55. The second kappa shape index (κ2) is 13.5. The number of anilines is 3. The van der Waals surface area contributed by atoms with Crippen molar-refractivity contribution in [3.05, 3.63) is 236 Å². The second-order valence-corrected chi connectivity index (χ2v) is 19.9. The summed E-state index contributed by atoms with van der Waals surface area (Å²) in [7, 11) is 0. The molecule has 0 N–H and O–H groups in total.